The maximum atomic E-state index is 14.7. The summed E-state index contributed by atoms with van der Waals surface area (Å²) in [5, 5.41) is 11.8. The normalized spacial score (nSPS) is 25.6. The van der Waals surface area contributed by atoms with Crippen LogP contribution in [0.3, 0.4) is 0 Å². The predicted molar refractivity (Wildman–Crippen MR) is 134 cm³/mol. The molecule has 3 nitrogen and oxygen atoms in total. The molecule has 6 heteroatoms. The van der Waals surface area contributed by atoms with Crippen LogP contribution in [0.25, 0.3) is 0 Å². The number of hydrogen-bond donors (Lipinski definition) is 1. The minimum absolute atomic E-state index is 0. The first-order valence-electron chi connectivity index (χ1n) is 11.4. The van der Waals surface area contributed by atoms with Crippen molar-refractivity contribution in [2.45, 2.75) is 49.7 Å². The molecule has 1 saturated carbocycles. The van der Waals surface area contributed by atoms with Crippen LogP contribution in [0.5, 0.6) is 0 Å². The summed E-state index contributed by atoms with van der Waals surface area (Å²) in [6, 6.07) is 17.7. The number of nitrogens with zero attached hydrogens (tertiary/aromatic N) is 2. The summed E-state index contributed by atoms with van der Waals surface area (Å²) in [7, 11) is 4.07. The molecule has 1 heterocycles. The molecule has 2 atom stereocenters. The molecule has 4 rings (SSSR count). The van der Waals surface area contributed by atoms with Crippen molar-refractivity contribution in [3.63, 3.8) is 0 Å². The van der Waals surface area contributed by atoms with Crippen LogP contribution in [-0.4, -0.2) is 48.6 Å². The Morgan fingerprint density at radius 3 is 2.19 bits per heavy atom. The van der Waals surface area contributed by atoms with Gasteiger partial charge in [0.2, 0.25) is 0 Å². The SMILES string of the molecule is CN(C)CC1CN(C2(c3ccccc3)CCCCC2)CCC1(O)c1ccccc1F.Cl.Cl. The lowest BCUT2D eigenvalue weighted by atomic mass is 9.70. The highest BCUT2D eigenvalue weighted by atomic mass is 35.5. The van der Waals surface area contributed by atoms with E-state index in [4.69, 9.17) is 0 Å². The Morgan fingerprint density at radius 1 is 0.938 bits per heavy atom. The lowest BCUT2D eigenvalue weighted by Crippen LogP contribution is -2.59. The summed E-state index contributed by atoms with van der Waals surface area (Å²) in [5.41, 5.74) is 0.734. The Hall–Kier alpha value is -1.17. The molecule has 178 valence electrons. The van der Waals surface area contributed by atoms with Crippen molar-refractivity contribution in [3.8, 4) is 0 Å². The van der Waals surface area contributed by atoms with Crippen LogP contribution < -0.4 is 0 Å². The smallest absolute Gasteiger partial charge is 0.129 e. The predicted octanol–water partition coefficient (Wildman–Crippen LogP) is 5.60. The quantitative estimate of drug-likeness (QED) is 0.600. The molecular formula is C26H37Cl2FN2O. The van der Waals surface area contributed by atoms with Gasteiger partial charge in [0.1, 0.15) is 5.82 Å². The van der Waals surface area contributed by atoms with Gasteiger partial charge in [-0.25, -0.2) is 4.39 Å². The lowest BCUT2D eigenvalue weighted by Gasteiger charge is -2.54. The van der Waals surface area contributed by atoms with Gasteiger partial charge in [0.25, 0.3) is 0 Å². The standard InChI is InChI=1S/C26H35FN2O.2ClH/c1-28(2)19-22-20-29(18-17-26(22,30)23-13-7-8-14-24(23)27)25(15-9-4-10-16-25)21-11-5-3-6-12-21;;/h3,5-8,11-14,22,30H,4,9-10,15-20H2,1-2H3;2*1H. The maximum Gasteiger partial charge on any atom is 0.129 e. The first kappa shape index (κ1) is 27.1. The number of benzene rings is 2. The zero-order valence-electron chi connectivity index (χ0n) is 19.2. The van der Waals surface area contributed by atoms with Gasteiger partial charge in [-0.05, 0) is 45.0 Å². The van der Waals surface area contributed by atoms with Crippen LogP contribution in [0.4, 0.5) is 4.39 Å². The summed E-state index contributed by atoms with van der Waals surface area (Å²) in [5.74, 6) is -0.353. The van der Waals surface area contributed by atoms with Crippen LogP contribution in [0.15, 0.2) is 54.6 Å². The largest absolute Gasteiger partial charge is 0.385 e. The van der Waals surface area contributed by atoms with E-state index in [1.165, 1.54) is 30.9 Å². The van der Waals surface area contributed by atoms with E-state index in [0.717, 1.165) is 32.5 Å². The monoisotopic (exact) mass is 482 g/mol. The average Bonchev–Trinajstić information content (AvgIpc) is 2.76. The van der Waals surface area contributed by atoms with Gasteiger partial charge in [0.05, 0.1) is 5.60 Å². The van der Waals surface area contributed by atoms with Gasteiger partial charge in [-0.15, -0.1) is 24.8 Å². The second-order valence-corrected chi connectivity index (χ2v) is 9.52. The topological polar surface area (TPSA) is 26.7 Å². The van der Waals surface area contributed by atoms with E-state index in [-0.39, 0.29) is 42.1 Å². The molecule has 1 N–H and O–H groups in total. The first-order chi connectivity index (χ1) is 14.5. The third-order valence-electron chi connectivity index (χ3n) is 7.40. The molecule has 1 saturated heterocycles. The minimum atomic E-state index is -1.14. The van der Waals surface area contributed by atoms with Crippen LogP contribution in [-0.2, 0) is 11.1 Å². The van der Waals surface area contributed by atoms with Crippen molar-refractivity contribution in [1.82, 2.24) is 9.80 Å². The van der Waals surface area contributed by atoms with Crippen molar-refractivity contribution < 1.29 is 9.50 Å². The molecule has 0 aromatic heterocycles. The third kappa shape index (κ3) is 5.15. The highest BCUT2D eigenvalue weighted by Crippen LogP contribution is 2.47. The zero-order chi connectivity index (χ0) is 21.2. The molecule has 2 aromatic rings. The Morgan fingerprint density at radius 2 is 1.56 bits per heavy atom. The molecule has 0 spiro atoms. The Balaban J connectivity index is 0.00000181. The molecule has 0 bridgehead atoms. The van der Waals surface area contributed by atoms with Gasteiger partial charge in [-0.1, -0.05) is 67.8 Å². The van der Waals surface area contributed by atoms with Crippen LogP contribution >= 0.6 is 24.8 Å². The fourth-order valence-electron chi connectivity index (χ4n) is 5.90. The van der Waals surface area contributed by atoms with Crippen molar-refractivity contribution in [2.24, 2.45) is 5.92 Å². The van der Waals surface area contributed by atoms with Crippen molar-refractivity contribution in [1.29, 1.82) is 0 Å². The maximum absolute atomic E-state index is 14.7. The Bertz CT molecular complexity index is 845. The molecule has 2 fully saturated rings. The number of halogens is 3. The summed E-state index contributed by atoms with van der Waals surface area (Å²) < 4.78 is 14.7. The van der Waals surface area contributed by atoms with Gasteiger partial charge in [-0.3, -0.25) is 4.90 Å². The van der Waals surface area contributed by atoms with Gasteiger partial charge in [0, 0.05) is 36.7 Å². The molecule has 1 aliphatic heterocycles. The minimum Gasteiger partial charge on any atom is -0.385 e. The third-order valence-corrected chi connectivity index (χ3v) is 7.40. The molecule has 1 aliphatic carbocycles. The number of piperidine rings is 1. The van der Waals surface area contributed by atoms with E-state index in [9.17, 15) is 9.50 Å². The molecular weight excluding hydrogens is 446 g/mol. The Labute approximate surface area is 204 Å². The number of likely N-dealkylation sites (tertiary alicyclic amines) is 1. The fraction of sp³-hybridized carbons (Fsp3) is 0.538. The van der Waals surface area contributed by atoms with E-state index >= 15 is 0 Å². The molecule has 2 unspecified atom stereocenters. The van der Waals surface area contributed by atoms with E-state index in [0.29, 0.717) is 12.0 Å². The summed E-state index contributed by atoms with van der Waals surface area (Å²) in [4.78, 5) is 4.74. The fourth-order valence-corrected chi connectivity index (χ4v) is 5.90. The summed E-state index contributed by atoms with van der Waals surface area (Å²) >= 11 is 0. The molecule has 32 heavy (non-hydrogen) atoms. The summed E-state index contributed by atoms with van der Waals surface area (Å²) in [6.45, 7) is 2.29. The second-order valence-electron chi connectivity index (χ2n) is 9.52. The van der Waals surface area contributed by atoms with Crippen molar-refractivity contribution in [3.05, 3.63) is 71.5 Å². The highest BCUT2D eigenvalue weighted by Gasteiger charge is 2.49. The highest BCUT2D eigenvalue weighted by molar-refractivity contribution is 5.85. The van der Waals surface area contributed by atoms with E-state index < -0.39 is 5.60 Å². The van der Waals surface area contributed by atoms with Crippen LogP contribution in [0, 0.1) is 11.7 Å². The molecule has 0 amide bonds. The summed E-state index contributed by atoms with van der Waals surface area (Å²) in [6.07, 6.45) is 6.64. The number of hydrogen-bond acceptors (Lipinski definition) is 3. The van der Waals surface area contributed by atoms with Crippen molar-refractivity contribution in [2.75, 3.05) is 33.7 Å². The van der Waals surface area contributed by atoms with E-state index in [2.05, 4.69) is 40.1 Å². The molecule has 0 radical (unpaired) electrons. The van der Waals surface area contributed by atoms with Crippen molar-refractivity contribution >= 4 is 24.8 Å². The Kier molecular flexibility index (Phi) is 9.57. The zero-order valence-corrected chi connectivity index (χ0v) is 20.8. The van der Waals surface area contributed by atoms with Gasteiger partial charge < -0.3 is 10.0 Å². The van der Waals surface area contributed by atoms with Crippen LogP contribution in [0.2, 0.25) is 0 Å². The molecule has 2 aromatic carbocycles. The lowest BCUT2D eigenvalue weighted by molar-refractivity contribution is -0.116. The number of aliphatic hydroxyl groups is 1. The average molecular weight is 483 g/mol. The number of rotatable bonds is 5. The molecule has 2 aliphatic rings. The van der Waals surface area contributed by atoms with E-state index in [1.54, 1.807) is 12.1 Å². The van der Waals surface area contributed by atoms with Gasteiger partial charge >= 0.3 is 0 Å². The van der Waals surface area contributed by atoms with E-state index in [1.807, 2.05) is 20.2 Å². The second kappa shape index (κ2) is 11.3. The van der Waals surface area contributed by atoms with Gasteiger partial charge in [-0.2, -0.15) is 0 Å². The van der Waals surface area contributed by atoms with Crippen LogP contribution in [0.1, 0.15) is 49.7 Å². The first-order valence-corrected chi connectivity index (χ1v) is 11.4. The van der Waals surface area contributed by atoms with Gasteiger partial charge in [0.15, 0.2) is 0 Å².